The van der Waals surface area contributed by atoms with Gasteiger partial charge in [-0.05, 0) is 53.9 Å². The summed E-state index contributed by atoms with van der Waals surface area (Å²) in [4.78, 5) is 6.87. The van der Waals surface area contributed by atoms with Gasteiger partial charge in [0.25, 0.3) is 0 Å². The molecule has 1 atom stereocenters. The molecule has 1 saturated heterocycles. The molecule has 0 aliphatic carbocycles. The van der Waals surface area contributed by atoms with Gasteiger partial charge in [-0.25, -0.2) is 4.68 Å². The van der Waals surface area contributed by atoms with E-state index in [2.05, 4.69) is 63.0 Å². The number of halogens is 1. The predicted molar refractivity (Wildman–Crippen MR) is 90.7 cm³/mol. The molecular weight excluding hydrogens is 344 g/mol. The van der Waals surface area contributed by atoms with Crippen molar-refractivity contribution in [2.75, 3.05) is 25.1 Å². The first-order valence-corrected chi connectivity index (χ1v) is 8.38. The van der Waals surface area contributed by atoms with Crippen LogP contribution in [0.25, 0.3) is 0 Å². The van der Waals surface area contributed by atoms with Crippen LogP contribution in [0.4, 0.5) is 5.95 Å². The van der Waals surface area contributed by atoms with Crippen molar-refractivity contribution >= 4 is 21.9 Å². The fourth-order valence-electron chi connectivity index (χ4n) is 2.96. The molecule has 5 nitrogen and oxygen atoms in total. The van der Waals surface area contributed by atoms with Crippen molar-refractivity contribution in [3.05, 3.63) is 34.6 Å². The van der Waals surface area contributed by atoms with E-state index in [-0.39, 0.29) is 0 Å². The highest BCUT2D eigenvalue weighted by Crippen LogP contribution is 2.32. The average Bonchev–Trinajstić information content (AvgIpc) is 3.13. The van der Waals surface area contributed by atoms with Crippen molar-refractivity contribution in [2.24, 2.45) is 0 Å². The van der Waals surface area contributed by atoms with Gasteiger partial charge >= 0.3 is 0 Å². The second-order valence-corrected chi connectivity index (χ2v) is 6.64. The van der Waals surface area contributed by atoms with Crippen LogP contribution in [0.5, 0.6) is 5.75 Å². The van der Waals surface area contributed by atoms with E-state index in [0.717, 1.165) is 31.2 Å². The Morgan fingerprint density at radius 3 is 2.91 bits per heavy atom. The summed E-state index contributed by atoms with van der Waals surface area (Å²) in [6.45, 7) is 6.21. The van der Waals surface area contributed by atoms with Crippen LogP contribution in [0.1, 0.15) is 37.8 Å². The second kappa shape index (κ2) is 6.28. The molecule has 22 heavy (non-hydrogen) atoms. The van der Waals surface area contributed by atoms with Crippen molar-refractivity contribution < 1.29 is 4.74 Å². The van der Waals surface area contributed by atoms with Crippen LogP contribution in [0.15, 0.2) is 29.0 Å². The summed E-state index contributed by atoms with van der Waals surface area (Å²) in [5, 5.41) is 4.44. The summed E-state index contributed by atoms with van der Waals surface area (Å²) in [7, 11) is 1.71. The third-order valence-electron chi connectivity index (χ3n) is 4.11. The minimum Gasteiger partial charge on any atom is -0.497 e. The summed E-state index contributed by atoms with van der Waals surface area (Å²) in [5.74, 6) is 2.38. The van der Waals surface area contributed by atoms with Gasteiger partial charge in [0.05, 0.1) is 13.2 Å². The van der Waals surface area contributed by atoms with E-state index in [1.807, 2.05) is 10.7 Å². The number of hydrogen-bond donors (Lipinski definition) is 0. The molecule has 6 heteroatoms. The maximum Gasteiger partial charge on any atom is 0.225 e. The summed E-state index contributed by atoms with van der Waals surface area (Å²) < 4.78 is 7.97. The summed E-state index contributed by atoms with van der Waals surface area (Å²) in [6, 6.07) is 8.66. The first-order valence-electron chi connectivity index (χ1n) is 7.59. The number of rotatable bonds is 4. The minimum atomic E-state index is 0.296. The Balaban J connectivity index is 1.80. The highest BCUT2D eigenvalue weighted by Gasteiger charge is 2.28. The highest BCUT2D eigenvalue weighted by atomic mass is 79.9. The van der Waals surface area contributed by atoms with Gasteiger partial charge in [0.2, 0.25) is 10.7 Å². The zero-order valence-electron chi connectivity index (χ0n) is 13.2. The molecule has 1 aliphatic heterocycles. The maximum absolute atomic E-state index is 5.33. The summed E-state index contributed by atoms with van der Waals surface area (Å²) in [5.41, 5.74) is 1.33. The van der Waals surface area contributed by atoms with Gasteiger partial charge in [0.1, 0.15) is 5.75 Å². The molecule has 1 unspecified atom stereocenters. The molecule has 1 fully saturated rings. The number of benzene rings is 1. The number of nitrogens with zero attached hydrogens (tertiary/aromatic N) is 4. The Morgan fingerprint density at radius 2 is 2.18 bits per heavy atom. The van der Waals surface area contributed by atoms with Crippen LogP contribution in [0.3, 0.4) is 0 Å². The number of anilines is 1. The molecule has 0 bridgehead atoms. The third-order valence-corrected chi connectivity index (χ3v) is 4.45. The van der Waals surface area contributed by atoms with Crippen molar-refractivity contribution in [1.29, 1.82) is 0 Å². The van der Waals surface area contributed by atoms with E-state index in [1.165, 1.54) is 5.56 Å². The molecule has 1 aromatic carbocycles. The molecule has 0 saturated carbocycles. The van der Waals surface area contributed by atoms with Crippen molar-refractivity contribution in [3.63, 3.8) is 0 Å². The maximum atomic E-state index is 5.33. The fraction of sp³-hybridized carbons (Fsp3) is 0.500. The van der Waals surface area contributed by atoms with E-state index in [0.29, 0.717) is 16.7 Å². The molecule has 0 amide bonds. The van der Waals surface area contributed by atoms with Crippen LogP contribution in [0, 0.1) is 0 Å². The lowest BCUT2D eigenvalue weighted by atomic mass is 9.98. The SMILES string of the molecule is COc1cccc(C2CCN(c3nc(Br)nn3C(C)C)C2)c1. The molecule has 0 radical (unpaired) electrons. The molecule has 2 aromatic rings. The molecule has 0 N–H and O–H groups in total. The van der Waals surface area contributed by atoms with Crippen molar-refractivity contribution in [2.45, 2.75) is 32.2 Å². The van der Waals surface area contributed by atoms with Crippen LogP contribution in [0.2, 0.25) is 0 Å². The number of ether oxygens (including phenoxy) is 1. The standard InChI is InChI=1S/C16H21BrN4O/c1-11(2)21-16(18-15(17)19-21)20-8-7-13(10-20)12-5-4-6-14(9-12)22-3/h4-6,9,11,13H,7-8,10H2,1-3H3. The quantitative estimate of drug-likeness (QED) is 0.830. The molecule has 0 spiro atoms. The lowest BCUT2D eigenvalue weighted by Crippen LogP contribution is -2.24. The van der Waals surface area contributed by atoms with E-state index in [4.69, 9.17) is 4.74 Å². The van der Waals surface area contributed by atoms with Crippen molar-refractivity contribution in [1.82, 2.24) is 14.8 Å². The first kappa shape index (κ1) is 15.3. The Labute approximate surface area is 139 Å². The Morgan fingerprint density at radius 1 is 1.36 bits per heavy atom. The molecular formula is C16H21BrN4O. The summed E-state index contributed by atoms with van der Waals surface area (Å²) in [6.07, 6.45) is 1.12. The largest absolute Gasteiger partial charge is 0.497 e. The average molecular weight is 365 g/mol. The normalized spacial score (nSPS) is 18.2. The summed E-state index contributed by atoms with van der Waals surface area (Å²) >= 11 is 3.39. The monoisotopic (exact) mass is 364 g/mol. The molecule has 3 rings (SSSR count). The topological polar surface area (TPSA) is 43.2 Å². The van der Waals surface area contributed by atoms with Crippen LogP contribution in [-0.4, -0.2) is 35.0 Å². The van der Waals surface area contributed by atoms with Gasteiger partial charge in [0.15, 0.2) is 0 Å². The van der Waals surface area contributed by atoms with Gasteiger partial charge in [-0.3, -0.25) is 0 Å². The molecule has 2 heterocycles. The zero-order chi connectivity index (χ0) is 15.7. The molecule has 118 valence electrons. The molecule has 1 aliphatic rings. The Hall–Kier alpha value is -1.56. The lowest BCUT2D eigenvalue weighted by Gasteiger charge is -2.19. The van der Waals surface area contributed by atoms with Crippen LogP contribution in [-0.2, 0) is 0 Å². The fourth-order valence-corrected chi connectivity index (χ4v) is 3.29. The van der Waals surface area contributed by atoms with Crippen molar-refractivity contribution in [3.8, 4) is 5.75 Å². The van der Waals surface area contributed by atoms with Gasteiger partial charge in [0, 0.05) is 19.0 Å². The van der Waals surface area contributed by atoms with E-state index < -0.39 is 0 Å². The highest BCUT2D eigenvalue weighted by molar-refractivity contribution is 9.10. The zero-order valence-corrected chi connectivity index (χ0v) is 14.7. The lowest BCUT2D eigenvalue weighted by molar-refractivity contribution is 0.414. The second-order valence-electron chi connectivity index (χ2n) is 5.93. The minimum absolute atomic E-state index is 0.296. The number of aromatic nitrogens is 3. The Bertz CT molecular complexity index is 655. The number of methoxy groups -OCH3 is 1. The van der Waals surface area contributed by atoms with Gasteiger partial charge in [-0.1, -0.05) is 12.1 Å². The van der Waals surface area contributed by atoms with E-state index in [9.17, 15) is 0 Å². The Kier molecular flexibility index (Phi) is 4.38. The van der Waals surface area contributed by atoms with Crippen LogP contribution < -0.4 is 9.64 Å². The van der Waals surface area contributed by atoms with E-state index >= 15 is 0 Å². The smallest absolute Gasteiger partial charge is 0.225 e. The number of hydrogen-bond acceptors (Lipinski definition) is 4. The first-order chi connectivity index (χ1) is 10.6. The van der Waals surface area contributed by atoms with Crippen LogP contribution >= 0.6 is 15.9 Å². The van der Waals surface area contributed by atoms with Gasteiger partial charge in [-0.2, -0.15) is 4.98 Å². The van der Waals surface area contributed by atoms with Gasteiger partial charge in [-0.15, -0.1) is 5.10 Å². The van der Waals surface area contributed by atoms with E-state index in [1.54, 1.807) is 7.11 Å². The third kappa shape index (κ3) is 2.97. The molecule has 1 aromatic heterocycles. The predicted octanol–water partition coefficient (Wildman–Crippen LogP) is 3.62. The van der Waals surface area contributed by atoms with Gasteiger partial charge < -0.3 is 9.64 Å².